The first-order valence-electron chi connectivity index (χ1n) is 9.65. The summed E-state index contributed by atoms with van der Waals surface area (Å²) in [5.74, 6) is 0.296. The third kappa shape index (κ3) is 4.79. The lowest BCUT2D eigenvalue weighted by atomic mass is 9.84. The zero-order chi connectivity index (χ0) is 17.6. The molecule has 2 fully saturated rings. The number of aromatic nitrogens is 3. The third-order valence-electron chi connectivity index (χ3n) is 5.37. The minimum atomic E-state index is -0.311. The molecule has 0 bridgehead atoms. The second-order valence-corrected chi connectivity index (χ2v) is 7.31. The molecule has 1 aliphatic heterocycles. The van der Waals surface area contributed by atoms with Crippen LogP contribution in [0.25, 0.3) is 0 Å². The number of nitrogens with zero attached hydrogens (tertiary/aromatic N) is 3. The topological polar surface area (TPSA) is 89.3 Å². The lowest BCUT2D eigenvalue weighted by Crippen LogP contribution is -2.52. The molecular formula is C18H30N4O3. The maximum Gasteiger partial charge on any atom is 0.223 e. The van der Waals surface area contributed by atoms with E-state index in [0.29, 0.717) is 0 Å². The van der Waals surface area contributed by atoms with Crippen LogP contribution in [0.15, 0.2) is 6.20 Å². The van der Waals surface area contributed by atoms with Gasteiger partial charge in [-0.25, -0.2) is 0 Å². The van der Waals surface area contributed by atoms with Crippen LogP contribution in [0.2, 0.25) is 0 Å². The molecule has 25 heavy (non-hydrogen) atoms. The van der Waals surface area contributed by atoms with Gasteiger partial charge in [0.1, 0.15) is 6.10 Å². The Labute approximate surface area is 149 Å². The number of nitrogens with one attached hydrogen (secondary N) is 1. The van der Waals surface area contributed by atoms with Crippen molar-refractivity contribution in [2.75, 3.05) is 6.61 Å². The fraction of sp³-hybridized carbons (Fsp3) is 0.833. The van der Waals surface area contributed by atoms with Gasteiger partial charge in [-0.1, -0.05) is 25.0 Å². The number of hydrogen-bond donors (Lipinski definition) is 2. The molecule has 2 heterocycles. The molecule has 7 heteroatoms. The van der Waals surface area contributed by atoms with E-state index in [1.54, 1.807) is 0 Å². The molecule has 0 aromatic carbocycles. The predicted octanol–water partition coefficient (Wildman–Crippen LogP) is 1.45. The van der Waals surface area contributed by atoms with E-state index in [2.05, 4.69) is 22.6 Å². The fourth-order valence-corrected chi connectivity index (χ4v) is 3.57. The molecule has 0 radical (unpaired) electrons. The highest BCUT2D eigenvalue weighted by Gasteiger charge is 2.34. The number of aryl methyl sites for hydroxylation is 2. The Bertz CT molecular complexity index is 558. The van der Waals surface area contributed by atoms with E-state index in [1.807, 2.05) is 10.9 Å². The van der Waals surface area contributed by atoms with Gasteiger partial charge in [-0.05, 0) is 38.5 Å². The number of carbonyl (C=O) groups is 1. The van der Waals surface area contributed by atoms with E-state index in [4.69, 9.17) is 4.74 Å². The van der Waals surface area contributed by atoms with Gasteiger partial charge in [0, 0.05) is 18.7 Å². The number of amides is 1. The Morgan fingerprint density at radius 3 is 2.92 bits per heavy atom. The molecule has 3 atom stereocenters. The molecule has 2 N–H and O–H groups in total. The van der Waals surface area contributed by atoms with Crippen LogP contribution in [-0.4, -0.2) is 50.9 Å². The van der Waals surface area contributed by atoms with Gasteiger partial charge in [0.25, 0.3) is 0 Å². The molecule has 0 spiro atoms. The van der Waals surface area contributed by atoms with E-state index in [0.717, 1.165) is 63.6 Å². The SMILES string of the molecule is CCCc1cn(CC[C@@H]2CC[C@H](NC(=O)C3CCC3)[C@@H](CO)O2)nn1. The van der Waals surface area contributed by atoms with Crippen molar-refractivity contribution >= 4 is 5.91 Å². The molecule has 1 saturated carbocycles. The van der Waals surface area contributed by atoms with Crippen LogP contribution < -0.4 is 5.32 Å². The zero-order valence-corrected chi connectivity index (χ0v) is 15.1. The first-order valence-corrected chi connectivity index (χ1v) is 9.65. The highest BCUT2D eigenvalue weighted by molar-refractivity contribution is 5.79. The number of carbonyl (C=O) groups excluding carboxylic acids is 1. The Morgan fingerprint density at radius 2 is 2.24 bits per heavy atom. The van der Waals surface area contributed by atoms with Crippen LogP contribution in [0.1, 0.15) is 57.6 Å². The smallest absolute Gasteiger partial charge is 0.223 e. The summed E-state index contributed by atoms with van der Waals surface area (Å²) in [6, 6.07) is -0.0723. The largest absolute Gasteiger partial charge is 0.394 e. The van der Waals surface area contributed by atoms with Crippen LogP contribution >= 0.6 is 0 Å². The average Bonchev–Trinajstić information content (AvgIpc) is 3.00. The van der Waals surface area contributed by atoms with Crippen LogP contribution in [0.3, 0.4) is 0 Å². The van der Waals surface area contributed by atoms with Gasteiger partial charge in [0.2, 0.25) is 5.91 Å². The summed E-state index contributed by atoms with van der Waals surface area (Å²) in [5, 5.41) is 21.0. The van der Waals surface area contributed by atoms with Crippen molar-refractivity contribution in [3.05, 3.63) is 11.9 Å². The van der Waals surface area contributed by atoms with Crippen molar-refractivity contribution in [2.45, 2.75) is 83.1 Å². The summed E-state index contributed by atoms with van der Waals surface area (Å²) in [5.41, 5.74) is 1.03. The van der Waals surface area contributed by atoms with Gasteiger partial charge < -0.3 is 15.2 Å². The minimum Gasteiger partial charge on any atom is -0.394 e. The van der Waals surface area contributed by atoms with Gasteiger partial charge in [-0.2, -0.15) is 0 Å². The summed E-state index contributed by atoms with van der Waals surface area (Å²) in [6.07, 6.45) is 9.51. The summed E-state index contributed by atoms with van der Waals surface area (Å²) in [6.45, 7) is 2.83. The van der Waals surface area contributed by atoms with Gasteiger partial charge in [-0.15, -0.1) is 5.10 Å². The van der Waals surface area contributed by atoms with Crippen LogP contribution in [-0.2, 0) is 22.5 Å². The van der Waals surface area contributed by atoms with Gasteiger partial charge in [-0.3, -0.25) is 9.48 Å². The Balaban J connectivity index is 1.44. The molecule has 1 saturated heterocycles. The number of ether oxygens (including phenoxy) is 1. The summed E-state index contributed by atoms with van der Waals surface area (Å²) in [7, 11) is 0. The summed E-state index contributed by atoms with van der Waals surface area (Å²) in [4.78, 5) is 12.1. The number of aliphatic hydroxyl groups excluding tert-OH is 1. The summed E-state index contributed by atoms with van der Waals surface area (Å²) >= 11 is 0. The average molecular weight is 350 g/mol. The van der Waals surface area contributed by atoms with Crippen molar-refractivity contribution in [3.8, 4) is 0 Å². The molecule has 1 aliphatic carbocycles. The van der Waals surface area contributed by atoms with Crippen molar-refractivity contribution in [2.24, 2.45) is 5.92 Å². The molecule has 1 amide bonds. The van der Waals surface area contributed by atoms with Crippen LogP contribution in [0, 0.1) is 5.92 Å². The highest BCUT2D eigenvalue weighted by atomic mass is 16.5. The van der Waals surface area contributed by atoms with Crippen LogP contribution in [0.4, 0.5) is 0 Å². The minimum absolute atomic E-state index is 0.0594. The maximum absolute atomic E-state index is 12.1. The lowest BCUT2D eigenvalue weighted by molar-refractivity contribution is -0.134. The monoisotopic (exact) mass is 350 g/mol. The normalized spacial score (nSPS) is 27.0. The molecule has 0 unspecified atom stereocenters. The Morgan fingerprint density at radius 1 is 1.40 bits per heavy atom. The Kier molecular flexibility index (Phi) is 6.42. The standard InChI is InChI=1S/C18H30N4O3/c1-2-4-14-11-22(21-20-14)10-9-15-7-8-16(17(12-23)25-15)19-18(24)13-5-3-6-13/h11,13,15-17,23H,2-10,12H2,1H3,(H,19,24)/t15-,16-,17+/m0/s1. The van der Waals surface area contributed by atoms with Crippen molar-refractivity contribution in [1.82, 2.24) is 20.3 Å². The van der Waals surface area contributed by atoms with Crippen molar-refractivity contribution < 1.29 is 14.6 Å². The second kappa shape index (κ2) is 8.76. The van der Waals surface area contributed by atoms with Crippen molar-refractivity contribution in [1.29, 1.82) is 0 Å². The zero-order valence-electron chi connectivity index (χ0n) is 15.1. The predicted molar refractivity (Wildman–Crippen MR) is 92.9 cm³/mol. The molecule has 1 aromatic heterocycles. The van der Waals surface area contributed by atoms with Crippen molar-refractivity contribution in [3.63, 3.8) is 0 Å². The van der Waals surface area contributed by atoms with E-state index < -0.39 is 0 Å². The molecule has 7 nitrogen and oxygen atoms in total. The van der Waals surface area contributed by atoms with Gasteiger partial charge >= 0.3 is 0 Å². The van der Waals surface area contributed by atoms with Gasteiger partial charge in [0.15, 0.2) is 0 Å². The number of aliphatic hydroxyl groups is 1. The Hall–Kier alpha value is -1.47. The highest BCUT2D eigenvalue weighted by Crippen LogP contribution is 2.28. The first kappa shape index (κ1) is 18.3. The van der Waals surface area contributed by atoms with E-state index in [9.17, 15) is 9.90 Å². The molecule has 1 aromatic rings. The molecule has 3 rings (SSSR count). The van der Waals surface area contributed by atoms with E-state index >= 15 is 0 Å². The molecule has 2 aliphatic rings. The maximum atomic E-state index is 12.1. The van der Waals surface area contributed by atoms with E-state index in [1.165, 1.54) is 0 Å². The molecular weight excluding hydrogens is 320 g/mol. The van der Waals surface area contributed by atoms with Gasteiger partial charge in [0.05, 0.1) is 24.4 Å². The number of rotatable bonds is 8. The first-order chi connectivity index (χ1) is 12.2. The fourth-order valence-electron chi connectivity index (χ4n) is 3.57. The quantitative estimate of drug-likeness (QED) is 0.741. The van der Waals surface area contributed by atoms with E-state index in [-0.39, 0.29) is 36.7 Å². The van der Waals surface area contributed by atoms with Crippen LogP contribution in [0.5, 0.6) is 0 Å². The second-order valence-electron chi connectivity index (χ2n) is 7.31. The number of hydrogen-bond acceptors (Lipinski definition) is 5. The third-order valence-corrected chi connectivity index (χ3v) is 5.37. The molecule has 140 valence electrons. The summed E-state index contributed by atoms with van der Waals surface area (Å²) < 4.78 is 7.90. The lowest BCUT2D eigenvalue weighted by Gasteiger charge is -2.37.